The molecular formula is C17H28N2O3S. The van der Waals surface area contributed by atoms with Crippen LogP contribution in [-0.4, -0.2) is 54.0 Å². The summed E-state index contributed by atoms with van der Waals surface area (Å²) in [5.74, 6) is 0.00759. The third-order valence-corrected chi connectivity index (χ3v) is 4.48. The highest BCUT2D eigenvalue weighted by molar-refractivity contribution is 7.97. The van der Waals surface area contributed by atoms with Gasteiger partial charge in [-0.1, -0.05) is 56.1 Å². The third kappa shape index (κ3) is 8.95. The molecule has 0 fully saturated rings. The lowest BCUT2D eigenvalue weighted by Gasteiger charge is -2.18. The van der Waals surface area contributed by atoms with Gasteiger partial charge in [0.2, 0.25) is 0 Å². The minimum atomic E-state index is -0.880. The van der Waals surface area contributed by atoms with Gasteiger partial charge in [-0.05, 0) is 31.6 Å². The Balaban J connectivity index is 2.18. The highest BCUT2D eigenvalue weighted by atomic mass is 32.2. The molecule has 0 aliphatic heterocycles. The van der Waals surface area contributed by atoms with Gasteiger partial charge < -0.3 is 14.7 Å². The van der Waals surface area contributed by atoms with Crippen LogP contribution in [0, 0.1) is 0 Å². The van der Waals surface area contributed by atoms with E-state index >= 15 is 0 Å². The van der Waals surface area contributed by atoms with Crippen LogP contribution in [-0.2, 0) is 16.1 Å². The fourth-order valence-electron chi connectivity index (χ4n) is 2.08. The zero-order chi connectivity index (χ0) is 16.9. The predicted molar refractivity (Wildman–Crippen MR) is 95.5 cm³/mol. The summed E-state index contributed by atoms with van der Waals surface area (Å²) in [5.41, 5.74) is 1.04. The van der Waals surface area contributed by atoms with E-state index in [1.54, 1.807) is 0 Å². The Morgan fingerprint density at radius 1 is 1.30 bits per heavy atom. The number of ether oxygens (including phenoxy) is 1. The maximum absolute atomic E-state index is 11.2. The fraction of sp³-hybridized carbons (Fsp3) is 0.588. The molecule has 1 atom stereocenters. The molecule has 0 amide bonds. The molecule has 6 heteroatoms. The van der Waals surface area contributed by atoms with E-state index < -0.39 is 12.0 Å². The number of hydrogen-bond acceptors (Lipinski definition) is 5. The van der Waals surface area contributed by atoms with Crippen molar-refractivity contribution in [2.75, 3.05) is 32.0 Å². The molecule has 1 unspecified atom stereocenters. The molecule has 5 nitrogen and oxygen atoms in total. The van der Waals surface area contributed by atoms with Gasteiger partial charge >= 0.3 is 5.97 Å². The van der Waals surface area contributed by atoms with Crippen molar-refractivity contribution < 1.29 is 14.6 Å². The molecule has 0 saturated heterocycles. The number of rotatable bonds is 13. The molecule has 23 heavy (non-hydrogen) atoms. The largest absolute Gasteiger partial charge is 0.480 e. The smallest absolute Gasteiger partial charge is 0.323 e. The average Bonchev–Trinajstić information content (AvgIpc) is 2.57. The maximum Gasteiger partial charge on any atom is 0.323 e. The summed E-state index contributed by atoms with van der Waals surface area (Å²) in [7, 11) is 0. The van der Waals surface area contributed by atoms with Crippen molar-refractivity contribution in [1.29, 1.82) is 0 Å². The Kier molecular flexibility index (Phi) is 10.7. The highest BCUT2D eigenvalue weighted by Gasteiger charge is 2.17. The van der Waals surface area contributed by atoms with E-state index in [2.05, 4.69) is 23.5 Å². The second-order valence-corrected chi connectivity index (χ2v) is 6.17. The van der Waals surface area contributed by atoms with Crippen LogP contribution >= 0.6 is 11.9 Å². The van der Waals surface area contributed by atoms with Crippen molar-refractivity contribution in [2.24, 2.45) is 0 Å². The van der Waals surface area contributed by atoms with E-state index in [1.807, 2.05) is 30.3 Å². The Bertz CT molecular complexity index is 427. The Hall–Kier alpha value is -1.08. The van der Waals surface area contributed by atoms with Crippen LogP contribution in [0.3, 0.4) is 0 Å². The zero-order valence-electron chi connectivity index (χ0n) is 14.0. The highest BCUT2D eigenvalue weighted by Crippen LogP contribution is 2.05. The molecule has 0 saturated carbocycles. The number of benzene rings is 1. The number of carboxylic acids is 1. The van der Waals surface area contributed by atoms with Crippen molar-refractivity contribution >= 4 is 17.9 Å². The van der Waals surface area contributed by atoms with Crippen LogP contribution in [0.15, 0.2) is 30.3 Å². The van der Waals surface area contributed by atoms with Gasteiger partial charge in [0.15, 0.2) is 0 Å². The van der Waals surface area contributed by atoms with Crippen LogP contribution in [0.4, 0.5) is 0 Å². The lowest BCUT2D eigenvalue weighted by atomic mass is 10.2. The normalized spacial score (nSPS) is 12.5. The van der Waals surface area contributed by atoms with Gasteiger partial charge in [-0.2, -0.15) is 0 Å². The Morgan fingerprint density at radius 3 is 2.61 bits per heavy atom. The number of carbonyl (C=O) groups is 1. The monoisotopic (exact) mass is 340 g/mol. The van der Waals surface area contributed by atoms with E-state index in [0.717, 1.165) is 37.4 Å². The summed E-state index contributed by atoms with van der Waals surface area (Å²) in [6.07, 6.45) is 1.04. The van der Waals surface area contributed by atoms with E-state index in [1.165, 1.54) is 11.9 Å². The second-order valence-electron chi connectivity index (χ2n) is 5.24. The SMILES string of the molecule is CCN(CC)CCCSNC(COCc1ccccc1)C(=O)O. The van der Waals surface area contributed by atoms with Crippen molar-refractivity contribution in [3.8, 4) is 0 Å². The summed E-state index contributed by atoms with van der Waals surface area (Å²) >= 11 is 1.46. The molecule has 0 aliphatic rings. The second kappa shape index (κ2) is 12.4. The summed E-state index contributed by atoms with van der Waals surface area (Å²) < 4.78 is 8.50. The summed E-state index contributed by atoms with van der Waals surface area (Å²) in [4.78, 5) is 13.6. The molecule has 130 valence electrons. The number of carboxylic acid groups (broad SMARTS) is 1. The lowest BCUT2D eigenvalue weighted by Crippen LogP contribution is -2.37. The molecule has 0 aromatic heterocycles. The van der Waals surface area contributed by atoms with Crippen molar-refractivity contribution in [3.05, 3.63) is 35.9 Å². The topological polar surface area (TPSA) is 61.8 Å². The van der Waals surface area contributed by atoms with Gasteiger partial charge in [0, 0.05) is 5.75 Å². The Morgan fingerprint density at radius 2 is 2.00 bits per heavy atom. The van der Waals surface area contributed by atoms with Crippen LogP contribution in [0.2, 0.25) is 0 Å². The summed E-state index contributed by atoms with van der Waals surface area (Å²) in [6.45, 7) is 8.05. The quantitative estimate of drug-likeness (QED) is 0.425. The fourth-order valence-corrected chi connectivity index (χ4v) is 2.85. The predicted octanol–water partition coefficient (Wildman–Crippen LogP) is 2.63. The Labute approximate surface area is 143 Å². The van der Waals surface area contributed by atoms with E-state index in [0.29, 0.717) is 6.61 Å². The van der Waals surface area contributed by atoms with Gasteiger partial charge in [0.05, 0.1) is 13.2 Å². The van der Waals surface area contributed by atoms with Gasteiger partial charge in [0.1, 0.15) is 6.04 Å². The summed E-state index contributed by atoms with van der Waals surface area (Å²) in [5, 5.41) is 9.23. The minimum Gasteiger partial charge on any atom is -0.480 e. The molecule has 1 aromatic carbocycles. The first-order valence-corrected chi connectivity index (χ1v) is 9.10. The molecule has 0 spiro atoms. The number of hydrogen-bond donors (Lipinski definition) is 2. The lowest BCUT2D eigenvalue weighted by molar-refractivity contribution is -0.140. The average molecular weight is 340 g/mol. The van der Waals surface area contributed by atoms with Crippen LogP contribution in [0.5, 0.6) is 0 Å². The van der Waals surface area contributed by atoms with E-state index in [4.69, 9.17) is 4.74 Å². The molecule has 0 aliphatic carbocycles. The maximum atomic E-state index is 11.2. The van der Waals surface area contributed by atoms with Gasteiger partial charge in [-0.25, -0.2) is 4.72 Å². The molecule has 1 rings (SSSR count). The standard InChI is InChI=1S/C17H28N2O3S/c1-3-19(4-2)11-8-12-23-18-16(17(20)21)14-22-13-15-9-6-5-7-10-15/h5-7,9-10,16,18H,3-4,8,11-14H2,1-2H3,(H,20,21). The molecular weight excluding hydrogens is 312 g/mol. The number of nitrogens with one attached hydrogen (secondary N) is 1. The van der Waals surface area contributed by atoms with E-state index in [-0.39, 0.29) is 6.61 Å². The molecule has 0 bridgehead atoms. The van der Waals surface area contributed by atoms with Crippen molar-refractivity contribution in [2.45, 2.75) is 32.9 Å². The first kappa shape index (κ1) is 20.0. The molecule has 1 aromatic rings. The molecule has 0 heterocycles. The van der Waals surface area contributed by atoms with Gasteiger partial charge in [-0.15, -0.1) is 0 Å². The van der Waals surface area contributed by atoms with Gasteiger partial charge in [0.25, 0.3) is 0 Å². The first-order valence-electron chi connectivity index (χ1n) is 8.11. The zero-order valence-corrected chi connectivity index (χ0v) is 14.8. The van der Waals surface area contributed by atoms with Crippen LogP contribution in [0.1, 0.15) is 25.8 Å². The van der Waals surface area contributed by atoms with Crippen LogP contribution in [0.25, 0.3) is 0 Å². The molecule has 2 N–H and O–H groups in total. The van der Waals surface area contributed by atoms with E-state index in [9.17, 15) is 9.90 Å². The molecule has 0 radical (unpaired) electrons. The number of aliphatic carboxylic acids is 1. The minimum absolute atomic E-state index is 0.160. The summed E-state index contributed by atoms with van der Waals surface area (Å²) in [6, 6.07) is 9.07. The van der Waals surface area contributed by atoms with Crippen LogP contribution < -0.4 is 4.72 Å². The third-order valence-electron chi connectivity index (χ3n) is 3.53. The van der Waals surface area contributed by atoms with Crippen molar-refractivity contribution in [3.63, 3.8) is 0 Å². The van der Waals surface area contributed by atoms with Gasteiger partial charge in [-0.3, -0.25) is 4.79 Å². The first-order chi connectivity index (χ1) is 11.2. The van der Waals surface area contributed by atoms with Crippen molar-refractivity contribution in [1.82, 2.24) is 9.62 Å². The number of nitrogens with zero attached hydrogens (tertiary/aromatic N) is 1.